The number of fused-ring (bicyclic) bond motifs is 1. The summed E-state index contributed by atoms with van der Waals surface area (Å²) in [4.78, 5) is 11.3. The zero-order chi connectivity index (χ0) is 9.97. The van der Waals surface area contributed by atoms with Gasteiger partial charge in [-0.2, -0.15) is 5.10 Å². The predicted octanol–water partition coefficient (Wildman–Crippen LogP) is 0.233. The normalized spacial score (nSPS) is 10.1. The van der Waals surface area contributed by atoms with Crippen molar-refractivity contribution < 1.29 is 4.79 Å². The van der Waals surface area contributed by atoms with Crippen LogP contribution in [0.5, 0.6) is 0 Å². The Labute approximate surface area is 79.9 Å². The minimum atomic E-state index is -0.365. The van der Waals surface area contributed by atoms with E-state index in [1.807, 2.05) is 6.07 Å². The second kappa shape index (κ2) is 3.39. The molecule has 0 saturated carbocycles. The standard InChI is InChI=1S/C9H8N4O/c10-12-9(14)7-3-1-2-6-4-5-11-13-8(6)7/h1-5H,10H2,(H,12,14). The fourth-order valence-corrected chi connectivity index (χ4v) is 1.27. The lowest BCUT2D eigenvalue weighted by Crippen LogP contribution is -2.30. The number of carbonyl (C=O) groups excluding carboxylic acids is 1. The number of nitrogens with zero attached hydrogens (tertiary/aromatic N) is 2. The van der Waals surface area contributed by atoms with Gasteiger partial charge in [0.05, 0.1) is 11.8 Å². The number of nitrogens with two attached hydrogens (primary N) is 1. The summed E-state index contributed by atoms with van der Waals surface area (Å²) in [6.45, 7) is 0. The van der Waals surface area contributed by atoms with Crippen molar-refractivity contribution in [2.75, 3.05) is 0 Å². The van der Waals surface area contributed by atoms with Gasteiger partial charge in [-0.3, -0.25) is 10.2 Å². The molecule has 0 atom stereocenters. The molecular weight excluding hydrogens is 180 g/mol. The fraction of sp³-hybridized carbons (Fsp3) is 0. The van der Waals surface area contributed by atoms with Crippen molar-refractivity contribution in [1.29, 1.82) is 0 Å². The van der Waals surface area contributed by atoms with Gasteiger partial charge in [0.1, 0.15) is 5.52 Å². The Balaban J connectivity index is 2.71. The van der Waals surface area contributed by atoms with E-state index in [0.717, 1.165) is 5.39 Å². The molecule has 0 spiro atoms. The molecule has 2 rings (SSSR count). The average Bonchev–Trinajstić information content (AvgIpc) is 2.27. The van der Waals surface area contributed by atoms with Crippen molar-refractivity contribution in [2.24, 2.45) is 5.84 Å². The summed E-state index contributed by atoms with van der Waals surface area (Å²) >= 11 is 0. The van der Waals surface area contributed by atoms with E-state index in [4.69, 9.17) is 5.84 Å². The third-order valence-electron chi connectivity index (χ3n) is 1.92. The first-order valence-corrected chi connectivity index (χ1v) is 4.04. The molecule has 1 heterocycles. The molecule has 0 unspecified atom stereocenters. The Bertz CT molecular complexity index is 478. The first-order chi connectivity index (χ1) is 6.83. The Kier molecular flexibility index (Phi) is 2.08. The molecule has 1 aromatic heterocycles. The maximum Gasteiger partial charge on any atom is 0.267 e. The largest absolute Gasteiger partial charge is 0.290 e. The zero-order valence-electron chi connectivity index (χ0n) is 7.27. The number of hydrazine groups is 1. The minimum absolute atomic E-state index is 0.365. The van der Waals surface area contributed by atoms with Crippen molar-refractivity contribution >= 4 is 16.8 Å². The minimum Gasteiger partial charge on any atom is -0.290 e. The third-order valence-corrected chi connectivity index (χ3v) is 1.92. The van der Waals surface area contributed by atoms with Crippen LogP contribution in [0.4, 0.5) is 0 Å². The number of nitrogens with one attached hydrogen (secondary N) is 1. The maximum atomic E-state index is 11.3. The van der Waals surface area contributed by atoms with Gasteiger partial charge in [0.25, 0.3) is 5.91 Å². The lowest BCUT2D eigenvalue weighted by Gasteiger charge is -2.02. The van der Waals surface area contributed by atoms with Crippen LogP contribution >= 0.6 is 0 Å². The van der Waals surface area contributed by atoms with Crippen molar-refractivity contribution in [3.63, 3.8) is 0 Å². The predicted molar refractivity (Wildman–Crippen MR) is 51.2 cm³/mol. The van der Waals surface area contributed by atoms with Gasteiger partial charge in [0.15, 0.2) is 0 Å². The van der Waals surface area contributed by atoms with Crippen LogP contribution in [0.1, 0.15) is 10.4 Å². The van der Waals surface area contributed by atoms with Gasteiger partial charge in [-0.05, 0) is 12.1 Å². The highest BCUT2D eigenvalue weighted by atomic mass is 16.2. The van der Waals surface area contributed by atoms with Gasteiger partial charge in [-0.1, -0.05) is 12.1 Å². The molecule has 5 nitrogen and oxygen atoms in total. The van der Waals surface area contributed by atoms with Gasteiger partial charge in [-0.25, -0.2) is 5.84 Å². The zero-order valence-corrected chi connectivity index (χ0v) is 7.27. The monoisotopic (exact) mass is 188 g/mol. The van der Waals surface area contributed by atoms with Crippen molar-refractivity contribution in [1.82, 2.24) is 15.6 Å². The second-order valence-electron chi connectivity index (χ2n) is 2.75. The molecule has 5 heteroatoms. The van der Waals surface area contributed by atoms with E-state index in [9.17, 15) is 4.79 Å². The molecule has 1 amide bonds. The van der Waals surface area contributed by atoms with Crippen LogP contribution in [-0.4, -0.2) is 16.1 Å². The van der Waals surface area contributed by atoms with Crippen LogP contribution < -0.4 is 11.3 Å². The van der Waals surface area contributed by atoms with Crippen LogP contribution in [-0.2, 0) is 0 Å². The number of nitrogen functional groups attached to an aromatic ring is 1. The number of aromatic nitrogens is 2. The Hall–Kier alpha value is -2.01. The first kappa shape index (κ1) is 8.58. The van der Waals surface area contributed by atoms with Gasteiger partial charge >= 0.3 is 0 Å². The van der Waals surface area contributed by atoms with Gasteiger partial charge in [-0.15, -0.1) is 5.10 Å². The molecule has 14 heavy (non-hydrogen) atoms. The van der Waals surface area contributed by atoms with Crippen LogP contribution in [0.3, 0.4) is 0 Å². The van der Waals surface area contributed by atoms with Crippen molar-refractivity contribution in [3.8, 4) is 0 Å². The van der Waals surface area contributed by atoms with Crippen LogP contribution in [0.25, 0.3) is 10.9 Å². The third kappa shape index (κ3) is 1.29. The van der Waals surface area contributed by atoms with E-state index >= 15 is 0 Å². The van der Waals surface area contributed by atoms with E-state index < -0.39 is 0 Å². The summed E-state index contributed by atoms with van der Waals surface area (Å²) < 4.78 is 0. The summed E-state index contributed by atoms with van der Waals surface area (Å²) in [6, 6.07) is 7.07. The number of carbonyl (C=O) groups is 1. The molecular formula is C9H8N4O. The average molecular weight is 188 g/mol. The number of rotatable bonds is 1. The topological polar surface area (TPSA) is 80.9 Å². The summed E-state index contributed by atoms with van der Waals surface area (Å²) in [5.41, 5.74) is 3.05. The van der Waals surface area contributed by atoms with Crippen LogP contribution in [0, 0.1) is 0 Å². The second-order valence-corrected chi connectivity index (χ2v) is 2.75. The quantitative estimate of drug-likeness (QED) is 0.381. The Morgan fingerprint density at radius 2 is 2.21 bits per heavy atom. The maximum absolute atomic E-state index is 11.3. The molecule has 0 aliphatic carbocycles. The summed E-state index contributed by atoms with van der Waals surface area (Å²) in [6.07, 6.45) is 1.58. The van der Waals surface area contributed by atoms with E-state index in [0.29, 0.717) is 11.1 Å². The molecule has 2 aromatic rings. The highest BCUT2D eigenvalue weighted by Gasteiger charge is 2.08. The SMILES string of the molecule is NNC(=O)c1cccc2ccnnc12. The van der Waals surface area contributed by atoms with Gasteiger partial charge in [0, 0.05) is 5.39 Å². The summed E-state index contributed by atoms with van der Waals surface area (Å²) in [5, 5.41) is 8.47. The molecule has 0 aliphatic heterocycles. The smallest absolute Gasteiger partial charge is 0.267 e. The molecule has 0 saturated heterocycles. The van der Waals surface area contributed by atoms with Gasteiger partial charge < -0.3 is 0 Å². The molecule has 1 aromatic carbocycles. The fourth-order valence-electron chi connectivity index (χ4n) is 1.27. The Morgan fingerprint density at radius 1 is 1.36 bits per heavy atom. The molecule has 70 valence electrons. The molecule has 0 bridgehead atoms. The highest BCUT2D eigenvalue weighted by Crippen LogP contribution is 2.14. The van der Waals surface area contributed by atoms with E-state index in [1.165, 1.54) is 0 Å². The van der Waals surface area contributed by atoms with Crippen LogP contribution in [0.2, 0.25) is 0 Å². The van der Waals surface area contributed by atoms with Crippen molar-refractivity contribution in [2.45, 2.75) is 0 Å². The van der Waals surface area contributed by atoms with E-state index in [2.05, 4.69) is 15.6 Å². The number of hydrogen-bond acceptors (Lipinski definition) is 4. The Morgan fingerprint density at radius 3 is 3.00 bits per heavy atom. The highest BCUT2D eigenvalue weighted by molar-refractivity contribution is 6.04. The van der Waals surface area contributed by atoms with E-state index in [1.54, 1.807) is 24.4 Å². The lowest BCUT2D eigenvalue weighted by molar-refractivity contribution is 0.0955. The molecule has 0 radical (unpaired) electrons. The molecule has 0 fully saturated rings. The van der Waals surface area contributed by atoms with Crippen molar-refractivity contribution in [3.05, 3.63) is 36.0 Å². The lowest BCUT2D eigenvalue weighted by atomic mass is 10.1. The van der Waals surface area contributed by atoms with Gasteiger partial charge in [0.2, 0.25) is 0 Å². The number of amides is 1. The van der Waals surface area contributed by atoms with Crippen LogP contribution in [0.15, 0.2) is 30.5 Å². The summed E-state index contributed by atoms with van der Waals surface area (Å²) in [5.74, 6) is 4.68. The number of benzene rings is 1. The first-order valence-electron chi connectivity index (χ1n) is 4.04. The van der Waals surface area contributed by atoms with E-state index in [-0.39, 0.29) is 5.91 Å². The molecule has 0 aliphatic rings. The molecule has 3 N–H and O–H groups in total. The number of hydrogen-bond donors (Lipinski definition) is 2. The summed E-state index contributed by atoms with van der Waals surface area (Å²) in [7, 11) is 0.